The van der Waals surface area contributed by atoms with Gasteiger partial charge in [-0.05, 0) is 129 Å². The summed E-state index contributed by atoms with van der Waals surface area (Å²) in [5.74, 6) is 0.962. The molecule has 2 fully saturated rings. The van der Waals surface area contributed by atoms with E-state index in [2.05, 4.69) is 30.6 Å². The lowest BCUT2D eigenvalue weighted by atomic mass is 9.91. The van der Waals surface area contributed by atoms with Crippen LogP contribution in [0.15, 0.2) is 104 Å². The average Bonchev–Trinajstić information content (AvgIpc) is 4.11. The number of carbonyl (C=O) groups is 4. The Kier molecular flexibility index (Phi) is 14.7. The molecule has 7 heterocycles. The van der Waals surface area contributed by atoms with Gasteiger partial charge in [0.25, 0.3) is 23.6 Å². The molecule has 0 spiro atoms. The summed E-state index contributed by atoms with van der Waals surface area (Å²) in [5, 5.41) is 9.08. The predicted molar refractivity (Wildman–Crippen MR) is 250 cm³/mol. The molecule has 9 rings (SSSR count). The first-order valence-electron chi connectivity index (χ1n) is 22.5. The van der Waals surface area contributed by atoms with Crippen LogP contribution in [-0.4, -0.2) is 92.6 Å². The molecular weight excluding hydrogens is 828 g/mol. The van der Waals surface area contributed by atoms with Gasteiger partial charge in [0, 0.05) is 103 Å². The van der Waals surface area contributed by atoms with Gasteiger partial charge in [0.2, 0.25) is 0 Å². The van der Waals surface area contributed by atoms with Crippen LogP contribution in [0.3, 0.4) is 0 Å². The number of hydrogen-bond donors (Lipinski definition) is 4. The van der Waals surface area contributed by atoms with Crippen molar-refractivity contribution in [1.82, 2.24) is 40.4 Å². The number of nitrogens with zero attached hydrogens (tertiary/aromatic N) is 4. The monoisotopic (exact) mass is 882 g/mol. The number of pyridine rings is 2. The van der Waals surface area contributed by atoms with Crippen LogP contribution in [0.2, 0.25) is 0 Å². The Morgan fingerprint density at radius 1 is 0.641 bits per heavy atom. The minimum absolute atomic E-state index is 0.0156. The number of thiophene rings is 1. The van der Waals surface area contributed by atoms with E-state index in [1.807, 2.05) is 64.5 Å². The van der Waals surface area contributed by atoms with E-state index < -0.39 is 0 Å². The molecular formula is C50H55FN8O4S. The Balaban J connectivity index is 0.000000175. The third-order valence-corrected chi connectivity index (χ3v) is 13.6. The van der Waals surface area contributed by atoms with Crippen LogP contribution in [0.1, 0.15) is 105 Å². The molecule has 0 aliphatic carbocycles. The van der Waals surface area contributed by atoms with Gasteiger partial charge in [-0.15, -0.1) is 11.3 Å². The lowest BCUT2D eigenvalue weighted by molar-refractivity contribution is 0.0678. The number of amides is 4. The molecule has 4 amide bonds. The fourth-order valence-corrected chi connectivity index (χ4v) is 9.73. The molecule has 64 heavy (non-hydrogen) atoms. The molecule has 2 saturated heterocycles. The Morgan fingerprint density at radius 3 is 1.94 bits per heavy atom. The lowest BCUT2D eigenvalue weighted by Crippen LogP contribution is -2.38. The molecule has 12 nitrogen and oxygen atoms in total. The quantitative estimate of drug-likeness (QED) is 0.0798. The van der Waals surface area contributed by atoms with Crippen molar-refractivity contribution in [1.29, 1.82) is 0 Å². The van der Waals surface area contributed by atoms with E-state index in [-0.39, 0.29) is 29.4 Å². The maximum absolute atomic E-state index is 13.0. The van der Waals surface area contributed by atoms with Crippen molar-refractivity contribution in [2.24, 2.45) is 11.8 Å². The summed E-state index contributed by atoms with van der Waals surface area (Å²) in [6.07, 6.45) is 19.3. The topological polar surface area (TPSA) is 156 Å². The predicted octanol–water partition coefficient (Wildman–Crippen LogP) is 9.38. The first-order valence-corrected chi connectivity index (χ1v) is 23.3. The molecule has 7 aromatic rings. The number of halogens is 1. The Hall–Kier alpha value is -6.41. The normalized spacial score (nSPS) is 14.7. The number of unbranched alkanes of at least 4 members (excludes halogenated alkanes) is 2. The second-order valence-electron chi connectivity index (χ2n) is 16.9. The van der Waals surface area contributed by atoms with Gasteiger partial charge in [0.05, 0.1) is 9.58 Å². The average molecular weight is 883 g/mol. The molecule has 0 radical (unpaired) electrons. The van der Waals surface area contributed by atoms with Gasteiger partial charge in [-0.1, -0.05) is 25.7 Å². The van der Waals surface area contributed by atoms with E-state index in [4.69, 9.17) is 0 Å². The molecule has 2 aromatic carbocycles. The Morgan fingerprint density at radius 2 is 1.27 bits per heavy atom. The van der Waals surface area contributed by atoms with Crippen LogP contribution in [0.25, 0.3) is 31.9 Å². The van der Waals surface area contributed by atoms with Gasteiger partial charge < -0.3 is 30.4 Å². The van der Waals surface area contributed by atoms with Crippen molar-refractivity contribution in [2.75, 3.05) is 39.3 Å². The third-order valence-electron chi connectivity index (χ3n) is 12.6. The van der Waals surface area contributed by atoms with Crippen LogP contribution in [0, 0.1) is 17.7 Å². The largest absolute Gasteiger partial charge is 0.361 e. The van der Waals surface area contributed by atoms with E-state index in [9.17, 15) is 23.6 Å². The van der Waals surface area contributed by atoms with E-state index >= 15 is 0 Å². The van der Waals surface area contributed by atoms with Gasteiger partial charge in [-0.2, -0.15) is 0 Å². The van der Waals surface area contributed by atoms with Gasteiger partial charge >= 0.3 is 0 Å². The molecule has 0 unspecified atom stereocenters. The summed E-state index contributed by atoms with van der Waals surface area (Å²) in [5.41, 5.74) is 3.86. The number of likely N-dealkylation sites (tertiary alicyclic amines) is 2. The van der Waals surface area contributed by atoms with Crippen LogP contribution < -0.4 is 10.6 Å². The zero-order chi connectivity index (χ0) is 44.3. The highest BCUT2D eigenvalue weighted by Gasteiger charge is 2.25. The lowest BCUT2D eigenvalue weighted by Gasteiger charge is -2.32. The Bertz CT molecular complexity index is 2610. The second kappa shape index (κ2) is 21.3. The summed E-state index contributed by atoms with van der Waals surface area (Å²) in [6, 6.07) is 21.2. The minimum atomic E-state index is -0.326. The molecule has 5 aromatic heterocycles. The smallest absolute Gasteiger partial charge is 0.267 e. The molecule has 14 heteroatoms. The molecule has 332 valence electrons. The summed E-state index contributed by atoms with van der Waals surface area (Å²) in [7, 11) is 0. The van der Waals surface area contributed by atoms with Gasteiger partial charge in [-0.25, -0.2) is 4.39 Å². The van der Waals surface area contributed by atoms with Gasteiger partial charge in [0.1, 0.15) is 11.5 Å². The number of rotatable bonds is 14. The number of hydrogen-bond acceptors (Lipinski definition) is 7. The van der Waals surface area contributed by atoms with Crippen molar-refractivity contribution < 1.29 is 23.6 Å². The molecule has 0 atom stereocenters. The summed E-state index contributed by atoms with van der Waals surface area (Å²) < 4.78 is 14.1. The fourth-order valence-electron chi connectivity index (χ4n) is 8.79. The summed E-state index contributed by atoms with van der Waals surface area (Å²) in [6.45, 7) is 4.48. The van der Waals surface area contributed by atoms with Gasteiger partial charge in [0.15, 0.2) is 0 Å². The highest BCUT2D eigenvalue weighted by molar-refractivity contribution is 7.20. The molecule has 2 aliphatic heterocycles. The number of nitrogens with one attached hydrogen (secondary N) is 4. The molecule has 0 bridgehead atoms. The van der Waals surface area contributed by atoms with Gasteiger partial charge in [-0.3, -0.25) is 29.1 Å². The molecule has 0 saturated carbocycles. The van der Waals surface area contributed by atoms with Crippen molar-refractivity contribution in [3.8, 4) is 0 Å². The van der Waals surface area contributed by atoms with E-state index in [0.717, 1.165) is 133 Å². The summed E-state index contributed by atoms with van der Waals surface area (Å²) in [4.78, 5) is 69.1. The molecule has 4 N–H and O–H groups in total. The maximum atomic E-state index is 13.0. The number of aromatic nitrogens is 4. The zero-order valence-corrected chi connectivity index (χ0v) is 36.8. The maximum Gasteiger partial charge on any atom is 0.267 e. The highest BCUT2D eigenvalue weighted by atomic mass is 32.1. The fraction of sp³-hybridized carbons (Fsp3) is 0.360. The number of piperidine rings is 2. The molecule has 2 aliphatic rings. The minimum Gasteiger partial charge on any atom is -0.361 e. The van der Waals surface area contributed by atoms with Crippen molar-refractivity contribution in [3.05, 3.63) is 131 Å². The number of fused-ring (bicyclic) bond motifs is 3. The first kappa shape index (κ1) is 44.2. The number of benzene rings is 2. The number of H-pyrrole nitrogens is 2. The van der Waals surface area contributed by atoms with Crippen LogP contribution >= 0.6 is 11.3 Å². The van der Waals surface area contributed by atoms with E-state index in [0.29, 0.717) is 36.2 Å². The highest BCUT2D eigenvalue weighted by Crippen LogP contribution is 2.27. The summed E-state index contributed by atoms with van der Waals surface area (Å²) >= 11 is 1.47. The number of carbonyl (C=O) groups excluding carboxylic acids is 4. The van der Waals surface area contributed by atoms with E-state index in [1.54, 1.807) is 36.9 Å². The second-order valence-corrected chi connectivity index (χ2v) is 18.0. The standard InChI is InChI=1S/C26H29N5O2.C24H26FN3O2S/c32-25(24-16-21-17-27-11-7-23(21)30-24)29-10-2-1-3-18-8-13-31(14-9-18)26(33)20-4-5-22-19(15-20)6-12-28-22;25-20-6-4-18(5-7-20)24(30)28-13-9-17(10-14-28)3-1-2-11-27-23(29)21-15-19-8-12-26-16-22(19)31-21/h4-7,11-12,15-18,28,30H,1-3,8-10,13-14H2,(H,29,32);4-8,12,15-17H,1-3,9-11,13-14H2,(H,27,29). The van der Waals surface area contributed by atoms with Crippen LogP contribution in [0.5, 0.6) is 0 Å². The van der Waals surface area contributed by atoms with Crippen LogP contribution in [-0.2, 0) is 0 Å². The van der Waals surface area contributed by atoms with Crippen molar-refractivity contribution in [3.63, 3.8) is 0 Å². The Labute approximate surface area is 376 Å². The van der Waals surface area contributed by atoms with Crippen LogP contribution in [0.4, 0.5) is 4.39 Å². The van der Waals surface area contributed by atoms with E-state index in [1.165, 1.54) is 23.5 Å². The van der Waals surface area contributed by atoms with Crippen molar-refractivity contribution in [2.45, 2.75) is 64.2 Å². The first-order chi connectivity index (χ1) is 31.3. The number of aromatic amines is 2. The SMILES string of the molecule is O=C(NCCCCC1CCN(C(=O)c2ccc(F)cc2)CC1)c1cc2ccncc2s1.O=C(NCCCCC1CCN(C(=O)c2ccc3[nH]ccc3c2)CC1)c1cc2cnccc2[nH]1. The third kappa shape index (κ3) is 11.4. The van der Waals surface area contributed by atoms with Crippen molar-refractivity contribution >= 4 is 66.9 Å². The zero-order valence-electron chi connectivity index (χ0n) is 36.0.